The Morgan fingerprint density at radius 2 is 1.74 bits per heavy atom. The van der Waals surface area contributed by atoms with Crippen molar-refractivity contribution < 1.29 is 32.1 Å². The summed E-state index contributed by atoms with van der Waals surface area (Å²) in [5.41, 5.74) is -0.913. The number of amides is 2. The van der Waals surface area contributed by atoms with Crippen LogP contribution in [0.5, 0.6) is 0 Å². The molecule has 3 aliphatic carbocycles. The van der Waals surface area contributed by atoms with Gasteiger partial charge in [-0.05, 0) is 98.3 Å². The van der Waals surface area contributed by atoms with Crippen molar-refractivity contribution in [3.8, 4) is 0 Å². The number of benzene rings is 2. The van der Waals surface area contributed by atoms with Crippen LogP contribution in [0.2, 0.25) is 0 Å². The minimum atomic E-state index is -4.51. The maximum Gasteiger partial charge on any atom is 0.481 e. The van der Waals surface area contributed by atoms with Gasteiger partial charge in [-0.2, -0.15) is 13.2 Å². The fourth-order valence-corrected chi connectivity index (χ4v) is 10.8. The normalized spacial score (nSPS) is 29.3. The molecule has 2 N–H and O–H groups in total. The number of aromatic nitrogens is 2. The predicted octanol–water partition coefficient (Wildman–Crippen LogP) is 7.11. The molecule has 2 saturated heterocycles. The summed E-state index contributed by atoms with van der Waals surface area (Å²) in [6.07, 6.45) is 2.29. The van der Waals surface area contributed by atoms with Crippen LogP contribution in [0.25, 0.3) is 0 Å². The minimum absolute atomic E-state index is 0.0446. The molecule has 3 saturated carbocycles. The molecule has 14 heteroatoms. The van der Waals surface area contributed by atoms with Crippen molar-refractivity contribution in [2.45, 2.75) is 128 Å². The first kappa shape index (κ1) is 40.6. The highest BCUT2D eigenvalue weighted by atomic mass is 19.4. The summed E-state index contributed by atoms with van der Waals surface area (Å²) in [5, 5.41) is 6.15. The molecule has 7 atom stereocenters. The minimum Gasteiger partial charge on any atom is -0.404 e. The summed E-state index contributed by atoms with van der Waals surface area (Å²) in [5.74, 6) is 0.786. The van der Waals surface area contributed by atoms with Crippen molar-refractivity contribution in [3.05, 3.63) is 93.7 Å². The van der Waals surface area contributed by atoms with Crippen LogP contribution in [-0.4, -0.2) is 64.1 Å². The average Bonchev–Trinajstić information content (AvgIpc) is 3.71. The molecule has 6 aliphatic rings. The smallest absolute Gasteiger partial charge is 0.404 e. The van der Waals surface area contributed by atoms with Crippen molar-refractivity contribution in [2.24, 2.45) is 23.2 Å². The average molecular weight is 802 g/mol. The summed E-state index contributed by atoms with van der Waals surface area (Å²) in [4.78, 5) is 49.5. The lowest BCUT2D eigenvalue weighted by Gasteiger charge is -2.64. The molecule has 3 aromatic rings. The summed E-state index contributed by atoms with van der Waals surface area (Å²) in [6, 6.07) is 14.3. The Morgan fingerprint density at radius 3 is 2.43 bits per heavy atom. The summed E-state index contributed by atoms with van der Waals surface area (Å²) in [7, 11) is -0.659. The van der Waals surface area contributed by atoms with Crippen molar-refractivity contribution in [2.75, 3.05) is 18.4 Å². The van der Waals surface area contributed by atoms with E-state index < -0.39 is 53.3 Å². The topological polar surface area (TPSA) is 115 Å². The fraction of sp³-hybridized carbons (Fsp3) is 0.591. The summed E-state index contributed by atoms with van der Waals surface area (Å²) < 4.78 is 55.0. The van der Waals surface area contributed by atoms with Crippen molar-refractivity contribution in [1.29, 1.82) is 0 Å². The Bertz CT molecular complexity index is 2090. The molecule has 58 heavy (non-hydrogen) atoms. The van der Waals surface area contributed by atoms with Gasteiger partial charge in [-0.25, -0.2) is 4.98 Å². The van der Waals surface area contributed by atoms with E-state index in [-0.39, 0.29) is 42.5 Å². The zero-order chi connectivity index (χ0) is 41.2. The maximum absolute atomic E-state index is 14.5. The number of alkyl halides is 3. The second-order valence-electron chi connectivity index (χ2n) is 18.6. The maximum atomic E-state index is 14.5. The van der Waals surface area contributed by atoms with E-state index in [0.717, 1.165) is 44.2 Å². The molecule has 1 aromatic heterocycles. The van der Waals surface area contributed by atoms with Gasteiger partial charge in [-0.15, -0.1) is 0 Å². The van der Waals surface area contributed by atoms with Gasteiger partial charge in [-0.3, -0.25) is 19.0 Å². The van der Waals surface area contributed by atoms with Crippen molar-refractivity contribution >= 4 is 24.6 Å². The van der Waals surface area contributed by atoms with Gasteiger partial charge >= 0.3 is 13.3 Å². The van der Waals surface area contributed by atoms with E-state index in [1.54, 1.807) is 6.07 Å². The summed E-state index contributed by atoms with van der Waals surface area (Å²) >= 11 is 0. The molecule has 5 fully saturated rings. The number of rotatable bonds is 11. The van der Waals surface area contributed by atoms with Crippen molar-refractivity contribution in [1.82, 2.24) is 19.8 Å². The third-order valence-corrected chi connectivity index (χ3v) is 14.5. The lowest BCUT2D eigenvalue weighted by Crippen LogP contribution is -2.65. The van der Waals surface area contributed by atoms with Crippen LogP contribution in [-0.2, 0) is 43.5 Å². The SMILES string of the molecule is CC[C@H](NC(=O)[C@@H]1C[C@@](C)(CC(=O)N2CCC(Cc3ccccc3)CC2)c2ncc(NCc3cccc(C(F)(F)F)c3)c(=O)n21)B1O[C@@H]2C[C@@H]3C[C@@H](C3(C)C)[C@]2(C)O1. The highest BCUT2D eigenvalue weighted by Crippen LogP contribution is 2.65. The largest absolute Gasteiger partial charge is 0.481 e. The first-order valence-electron chi connectivity index (χ1n) is 21.0. The third kappa shape index (κ3) is 7.37. The van der Waals surface area contributed by atoms with Gasteiger partial charge in [-0.1, -0.05) is 70.2 Å². The van der Waals surface area contributed by atoms with E-state index in [9.17, 15) is 27.6 Å². The molecule has 310 valence electrons. The Labute approximate surface area is 338 Å². The highest BCUT2D eigenvalue weighted by Gasteiger charge is 2.68. The number of nitrogens with zero attached hydrogens (tertiary/aromatic N) is 3. The van der Waals surface area contributed by atoms with Crippen LogP contribution in [0, 0.1) is 23.2 Å². The number of anilines is 1. The zero-order valence-corrected chi connectivity index (χ0v) is 34.1. The zero-order valence-electron chi connectivity index (χ0n) is 34.1. The van der Waals surface area contributed by atoms with E-state index >= 15 is 0 Å². The van der Waals surface area contributed by atoms with Crippen LogP contribution in [0.1, 0.15) is 108 Å². The van der Waals surface area contributed by atoms with Gasteiger partial charge in [0.15, 0.2) is 0 Å². The second kappa shape index (κ2) is 15.1. The molecule has 0 radical (unpaired) electrons. The number of halogens is 3. The molecule has 2 aromatic carbocycles. The lowest BCUT2D eigenvalue weighted by atomic mass is 9.43. The van der Waals surface area contributed by atoms with Crippen molar-refractivity contribution in [3.63, 3.8) is 0 Å². The quantitative estimate of drug-likeness (QED) is 0.199. The molecule has 10 nitrogen and oxygen atoms in total. The number of likely N-dealkylation sites (tertiary alicyclic amines) is 1. The van der Waals surface area contributed by atoms with Crippen LogP contribution < -0.4 is 16.2 Å². The third-order valence-electron chi connectivity index (χ3n) is 14.5. The van der Waals surface area contributed by atoms with E-state index in [1.807, 2.05) is 36.9 Å². The second-order valence-corrected chi connectivity index (χ2v) is 18.6. The highest BCUT2D eigenvalue weighted by molar-refractivity contribution is 6.47. The number of fused-ring (bicyclic) bond motifs is 1. The molecule has 2 amide bonds. The summed E-state index contributed by atoms with van der Waals surface area (Å²) in [6.45, 7) is 11.8. The Kier molecular flexibility index (Phi) is 10.6. The molecule has 0 unspecified atom stereocenters. The van der Waals surface area contributed by atoms with E-state index in [4.69, 9.17) is 14.3 Å². The van der Waals surface area contributed by atoms with E-state index in [2.05, 4.69) is 43.5 Å². The van der Waals surface area contributed by atoms with Gasteiger partial charge in [0.1, 0.15) is 17.6 Å². The number of carbonyl (C=O) groups excluding carboxylic acids is 2. The first-order valence-corrected chi connectivity index (χ1v) is 21.0. The Hall–Kier alpha value is -4.17. The van der Waals surface area contributed by atoms with Gasteiger partial charge in [0.25, 0.3) is 5.56 Å². The van der Waals surface area contributed by atoms with E-state index in [1.165, 1.54) is 22.4 Å². The van der Waals surface area contributed by atoms with Gasteiger partial charge in [0.2, 0.25) is 11.8 Å². The number of hydrogen-bond donors (Lipinski definition) is 2. The number of nitrogens with one attached hydrogen (secondary N) is 2. The molecule has 9 rings (SSSR count). The number of piperidine rings is 1. The first-order chi connectivity index (χ1) is 27.5. The number of carbonyl (C=O) groups is 2. The van der Waals surface area contributed by atoms with Crippen LogP contribution in [0.3, 0.4) is 0 Å². The molecule has 4 heterocycles. The predicted molar refractivity (Wildman–Crippen MR) is 215 cm³/mol. The Balaban J connectivity index is 1.02. The number of hydrogen-bond acceptors (Lipinski definition) is 7. The fourth-order valence-electron chi connectivity index (χ4n) is 10.8. The molecule has 2 bridgehead atoms. The van der Waals surface area contributed by atoms with E-state index in [0.29, 0.717) is 48.7 Å². The van der Waals surface area contributed by atoms with Crippen LogP contribution in [0.4, 0.5) is 18.9 Å². The van der Waals surface area contributed by atoms with Gasteiger partial charge in [0.05, 0.1) is 29.4 Å². The molecular weight excluding hydrogens is 746 g/mol. The monoisotopic (exact) mass is 801 g/mol. The molecule has 0 spiro atoms. The van der Waals surface area contributed by atoms with Gasteiger partial charge in [0, 0.05) is 31.5 Å². The standard InChI is InChI=1S/C44H55BF3N5O5/c1-6-36(45-57-35-22-31-21-34(41(31,2)3)43(35,5)58-45)51-38(55)33-23-42(4,24-37(54)52-17-15-28(16-18-52)19-27-11-8-7-9-12-27)40-50-26-32(39(56)53(33)40)49-25-29-13-10-14-30(20-29)44(46,47)48/h7-14,20,26,28,31,33-36,49H,6,15-19,21-25H2,1-5H3,(H,51,55)/t31-,33-,34-,35+,36-,42-,43-/m0/s1. The van der Waals surface area contributed by atoms with Crippen LogP contribution >= 0.6 is 0 Å². The molecular formula is C44H55BF3N5O5. The Morgan fingerprint density at radius 1 is 1.02 bits per heavy atom. The van der Waals surface area contributed by atoms with Gasteiger partial charge < -0.3 is 24.8 Å². The van der Waals surface area contributed by atoms with Crippen LogP contribution in [0.15, 0.2) is 65.6 Å². The lowest BCUT2D eigenvalue weighted by molar-refractivity contribution is -0.199. The molecule has 3 aliphatic heterocycles.